The summed E-state index contributed by atoms with van der Waals surface area (Å²) in [5.74, 6) is 1.28. The highest BCUT2D eigenvalue weighted by molar-refractivity contribution is 7.84. The zero-order chi connectivity index (χ0) is 10.7. The van der Waals surface area contributed by atoms with Gasteiger partial charge in [-0.3, -0.25) is 4.21 Å². The smallest absolute Gasteiger partial charge is 0.127 e. The zero-order valence-corrected chi connectivity index (χ0v) is 9.23. The average Bonchev–Trinajstić information content (AvgIpc) is 2.16. The molecule has 1 saturated heterocycles. The van der Waals surface area contributed by atoms with Crippen LogP contribution < -0.4 is 5.32 Å². The van der Waals surface area contributed by atoms with E-state index in [-0.39, 0.29) is 5.82 Å². The third-order valence-electron chi connectivity index (χ3n) is 2.56. The molecule has 1 unspecified atom stereocenters. The molecule has 82 valence electrons. The van der Waals surface area contributed by atoms with Gasteiger partial charge in [0.1, 0.15) is 5.82 Å². The Bertz CT molecular complexity index is 365. The summed E-state index contributed by atoms with van der Waals surface area (Å²) < 4.78 is 24.9. The van der Waals surface area contributed by atoms with Gasteiger partial charge in [-0.2, -0.15) is 0 Å². The summed E-state index contributed by atoms with van der Waals surface area (Å²) in [6, 6.07) is 6.54. The number of nitrogens with one attached hydrogen (secondary N) is 1. The van der Waals surface area contributed by atoms with Crippen molar-refractivity contribution in [3.05, 3.63) is 35.6 Å². The van der Waals surface area contributed by atoms with E-state index in [1.54, 1.807) is 18.2 Å². The first-order valence-corrected chi connectivity index (χ1v) is 6.53. The molecule has 2 nitrogen and oxygen atoms in total. The molecule has 2 rings (SSSR count). The molecule has 1 aliphatic rings. The second-order valence-corrected chi connectivity index (χ2v) is 5.37. The lowest BCUT2D eigenvalue weighted by atomic mass is 10.1. The highest BCUT2D eigenvalue weighted by Gasteiger charge is 2.19. The summed E-state index contributed by atoms with van der Waals surface area (Å²) in [6.45, 7) is 1.89. The van der Waals surface area contributed by atoms with E-state index < -0.39 is 10.8 Å². The van der Waals surface area contributed by atoms with Crippen molar-refractivity contribution in [3.8, 4) is 0 Å². The maximum absolute atomic E-state index is 13.2. The van der Waals surface area contributed by atoms with Crippen LogP contribution in [-0.4, -0.2) is 23.1 Å². The molecule has 0 amide bonds. The predicted octanol–water partition coefficient (Wildman–Crippen LogP) is 1.29. The molecule has 0 saturated carbocycles. The summed E-state index contributed by atoms with van der Waals surface area (Å²) in [7, 11) is -0.940. The average molecular weight is 227 g/mol. The second-order valence-electron chi connectivity index (χ2n) is 3.87. The minimum Gasteiger partial charge on any atom is -0.316 e. The Morgan fingerprint density at radius 3 is 2.73 bits per heavy atom. The lowest BCUT2D eigenvalue weighted by molar-refractivity contribution is 0.382. The van der Waals surface area contributed by atoms with Crippen LogP contribution in [0.4, 0.5) is 4.39 Å². The lowest BCUT2D eigenvalue weighted by Gasteiger charge is -2.26. The van der Waals surface area contributed by atoms with Crippen molar-refractivity contribution in [1.29, 1.82) is 0 Å². The van der Waals surface area contributed by atoms with Crippen LogP contribution in [0.1, 0.15) is 5.56 Å². The maximum Gasteiger partial charge on any atom is 0.127 e. The molecule has 1 heterocycles. The molecule has 4 heteroatoms. The van der Waals surface area contributed by atoms with Gasteiger partial charge in [-0.25, -0.2) is 4.39 Å². The Morgan fingerprint density at radius 1 is 1.40 bits per heavy atom. The number of hydrogen-bond acceptors (Lipinski definition) is 2. The van der Waals surface area contributed by atoms with Gasteiger partial charge in [0.2, 0.25) is 0 Å². The minimum atomic E-state index is -0.940. The van der Waals surface area contributed by atoms with Crippen LogP contribution in [0.15, 0.2) is 24.3 Å². The third kappa shape index (κ3) is 2.86. The Labute approximate surface area is 91.3 Å². The molecule has 0 spiro atoms. The molecule has 1 aromatic rings. The molecule has 0 bridgehead atoms. The Balaban J connectivity index is 1.90. The topological polar surface area (TPSA) is 29.1 Å². The van der Waals surface area contributed by atoms with Gasteiger partial charge in [0.25, 0.3) is 0 Å². The fraction of sp³-hybridized carbons (Fsp3) is 0.455. The van der Waals surface area contributed by atoms with Crippen LogP contribution in [0.3, 0.4) is 0 Å². The monoisotopic (exact) mass is 227 g/mol. The number of rotatable bonds is 4. The summed E-state index contributed by atoms with van der Waals surface area (Å²) in [5.41, 5.74) is 0.558. The number of hydrogen-bond donors (Lipinski definition) is 1. The first-order chi connectivity index (χ1) is 7.25. The molecule has 1 fully saturated rings. The zero-order valence-electron chi connectivity index (χ0n) is 8.41. The number of benzene rings is 1. The van der Waals surface area contributed by atoms with Gasteiger partial charge in [0.05, 0.1) is 5.75 Å². The summed E-state index contributed by atoms with van der Waals surface area (Å²) >= 11 is 0. The highest BCUT2D eigenvalue weighted by Crippen LogP contribution is 2.12. The largest absolute Gasteiger partial charge is 0.316 e. The van der Waals surface area contributed by atoms with Gasteiger partial charge in [-0.15, -0.1) is 0 Å². The van der Waals surface area contributed by atoms with E-state index in [9.17, 15) is 8.60 Å². The molecule has 15 heavy (non-hydrogen) atoms. The van der Waals surface area contributed by atoms with E-state index in [1.165, 1.54) is 6.07 Å². The standard InChI is InChI=1S/C11H14FNOS/c12-11-4-2-1-3-10(11)8-15(14)7-9-5-13-6-9/h1-4,9,13H,5-8H2. The van der Waals surface area contributed by atoms with Crippen LogP contribution in [0.2, 0.25) is 0 Å². The van der Waals surface area contributed by atoms with Gasteiger partial charge in [-0.05, 0) is 12.0 Å². The quantitative estimate of drug-likeness (QED) is 0.840. The normalized spacial score (nSPS) is 18.5. The maximum atomic E-state index is 13.2. The molecular formula is C11H14FNOS. The van der Waals surface area contributed by atoms with Crippen molar-refractivity contribution in [2.24, 2.45) is 5.92 Å². The summed E-state index contributed by atoms with van der Waals surface area (Å²) in [4.78, 5) is 0. The second kappa shape index (κ2) is 4.86. The first kappa shape index (κ1) is 10.8. The lowest BCUT2D eigenvalue weighted by Crippen LogP contribution is -2.44. The summed E-state index contributed by atoms with van der Waals surface area (Å²) in [6.07, 6.45) is 0. The minimum absolute atomic E-state index is 0.252. The Morgan fingerprint density at radius 2 is 2.13 bits per heavy atom. The molecule has 1 aromatic carbocycles. The van der Waals surface area contributed by atoms with Crippen LogP contribution >= 0.6 is 0 Å². The predicted molar refractivity (Wildman–Crippen MR) is 59.5 cm³/mol. The first-order valence-electron chi connectivity index (χ1n) is 5.05. The molecule has 0 radical (unpaired) electrons. The molecule has 1 atom stereocenters. The Hall–Kier alpha value is -0.740. The van der Waals surface area contributed by atoms with Gasteiger partial charge in [0.15, 0.2) is 0 Å². The summed E-state index contributed by atoms with van der Waals surface area (Å²) in [5, 5.41) is 3.13. The van der Waals surface area contributed by atoms with E-state index >= 15 is 0 Å². The van der Waals surface area contributed by atoms with Crippen molar-refractivity contribution in [2.75, 3.05) is 18.8 Å². The van der Waals surface area contributed by atoms with E-state index in [4.69, 9.17) is 0 Å². The fourth-order valence-electron chi connectivity index (χ4n) is 1.58. The highest BCUT2D eigenvalue weighted by atomic mass is 32.2. The van der Waals surface area contributed by atoms with E-state index in [2.05, 4.69) is 5.32 Å². The van der Waals surface area contributed by atoms with Crippen LogP contribution in [0.25, 0.3) is 0 Å². The van der Waals surface area contributed by atoms with Crippen LogP contribution in [-0.2, 0) is 16.6 Å². The van der Waals surface area contributed by atoms with Crippen molar-refractivity contribution in [1.82, 2.24) is 5.32 Å². The molecule has 0 aliphatic carbocycles. The van der Waals surface area contributed by atoms with Crippen molar-refractivity contribution < 1.29 is 8.60 Å². The van der Waals surface area contributed by atoms with Gasteiger partial charge in [-0.1, -0.05) is 18.2 Å². The SMILES string of the molecule is O=S(Cc1ccccc1F)CC1CNC1. The Kier molecular flexibility index (Phi) is 3.49. The van der Waals surface area contributed by atoms with E-state index in [0.717, 1.165) is 13.1 Å². The van der Waals surface area contributed by atoms with Gasteiger partial charge in [0, 0.05) is 35.2 Å². The molecule has 1 N–H and O–H groups in total. The van der Waals surface area contributed by atoms with Crippen molar-refractivity contribution in [3.63, 3.8) is 0 Å². The fourth-order valence-corrected chi connectivity index (χ4v) is 3.04. The van der Waals surface area contributed by atoms with Crippen molar-refractivity contribution in [2.45, 2.75) is 5.75 Å². The van der Waals surface area contributed by atoms with Crippen LogP contribution in [0, 0.1) is 11.7 Å². The van der Waals surface area contributed by atoms with E-state index in [0.29, 0.717) is 23.0 Å². The third-order valence-corrected chi connectivity index (χ3v) is 4.04. The molecular weight excluding hydrogens is 213 g/mol. The number of halogens is 1. The van der Waals surface area contributed by atoms with Crippen molar-refractivity contribution >= 4 is 10.8 Å². The van der Waals surface area contributed by atoms with E-state index in [1.807, 2.05) is 0 Å². The van der Waals surface area contributed by atoms with Crippen LogP contribution in [0.5, 0.6) is 0 Å². The molecule has 1 aliphatic heterocycles. The van der Waals surface area contributed by atoms with Gasteiger partial charge < -0.3 is 5.32 Å². The van der Waals surface area contributed by atoms with Gasteiger partial charge >= 0.3 is 0 Å². The molecule has 0 aromatic heterocycles.